The average molecular weight is 301 g/mol. The van der Waals surface area contributed by atoms with E-state index in [9.17, 15) is 19.6 Å². The van der Waals surface area contributed by atoms with Crippen LogP contribution in [-0.4, -0.2) is 54.3 Å². The molecule has 0 aromatic carbocycles. The molecule has 2 amide bonds. The Hall–Kier alpha value is -2.32. The maximum absolute atomic E-state index is 11.4. The molecule has 0 aliphatic rings. The molecule has 0 aromatic heterocycles. The summed E-state index contributed by atoms with van der Waals surface area (Å²) in [5.41, 5.74) is 8.04. The highest BCUT2D eigenvalue weighted by Crippen LogP contribution is 1.97. The fourth-order valence-electron chi connectivity index (χ4n) is 1.27. The standard InChI is InChI=1S/C11H19N5O5/c1-2-21-11(19)5-4-10(18)16(20)8-9(17)13-6-3-7-14-15-12/h20H,2-8H2,1H3,(H,13,17). The summed E-state index contributed by atoms with van der Waals surface area (Å²) in [5, 5.41) is 15.4. The first-order valence-corrected chi connectivity index (χ1v) is 6.43. The van der Waals surface area contributed by atoms with Crippen molar-refractivity contribution in [3.8, 4) is 0 Å². The smallest absolute Gasteiger partial charge is 0.306 e. The molecule has 0 saturated carbocycles. The Morgan fingerprint density at radius 3 is 2.71 bits per heavy atom. The van der Waals surface area contributed by atoms with E-state index in [2.05, 4.69) is 20.1 Å². The molecule has 0 bridgehead atoms. The van der Waals surface area contributed by atoms with Crippen LogP contribution in [0.25, 0.3) is 10.4 Å². The second-order valence-electron chi connectivity index (χ2n) is 3.91. The zero-order valence-electron chi connectivity index (χ0n) is 11.8. The van der Waals surface area contributed by atoms with E-state index in [1.807, 2.05) is 0 Å². The van der Waals surface area contributed by atoms with Gasteiger partial charge in [0, 0.05) is 24.4 Å². The fourth-order valence-corrected chi connectivity index (χ4v) is 1.27. The van der Waals surface area contributed by atoms with Gasteiger partial charge in [0.2, 0.25) is 11.8 Å². The molecule has 0 atom stereocenters. The van der Waals surface area contributed by atoms with Crippen molar-refractivity contribution in [2.24, 2.45) is 5.11 Å². The van der Waals surface area contributed by atoms with Crippen molar-refractivity contribution < 1.29 is 24.3 Å². The number of hydroxylamine groups is 2. The molecular weight excluding hydrogens is 282 g/mol. The number of azide groups is 1. The summed E-state index contributed by atoms with van der Waals surface area (Å²) in [5.74, 6) is -1.84. The summed E-state index contributed by atoms with van der Waals surface area (Å²) in [6.07, 6.45) is 0.0645. The van der Waals surface area contributed by atoms with E-state index in [0.29, 0.717) is 6.42 Å². The van der Waals surface area contributed by atoms with Crippen LogP contribution in [0.4, 0.5) is 0 Å². The van der Waals surface area contributed by atoms with Crippen LogP contribution in [-0.2, 0) is 19.1 Å². The number of carbonyl (C=O) groups is 3. The van der Waals surface area contributed by atoms with Crippen LogP contribution in [0.15, 0.2) is 5.11 Å². The molecule has 21 heavy (non-hydrogen) atoms. The van der Waals surface area contributed by atoms with Gasteiger partial charge in [0.1, 0.15) is 6.54 Å². The molecule has 0 aliphatic heterocycles. The topological polar surface area (TPSA) is 145 Å². The lowest BCUT2D eigenvalue weighted by atomic mass is 10.3. The lowest BCUT2D eigenvalue weighted by Crippen LogP contribution is -2.39. The van der Waals surface area contributed by atoms with E-state index >= 15 is 0 Å². The monoisotopic (exact) mass is 301 g/mol. The Balaban J connectivity index is 3.86. The normalized spacial score (nSPS) is 9.43. The van der Waals surface area contributed by atoms with E-state index in [4.69, 9.17) is 5.53 Å². The van der Waals surface area contributed by atoms with Gasteiger partial charge in [-0.3, -0.25) is 19.6 Å². The van der Waals surface area contributed by atoms with Crippen molar-refractivity contribution >= 4 is 17.8 Å². The average Bonchev–Trinajstić information content (AvgIpc) is 2.44. The van der Waals surface area contributed by atoms with Crippen LogP contribution in [0, 0.1) is 0 Å². The number of ether oxygens (including phenoxy) is 1. The lowest BCUT2D eigenvalue weighted by molar-refractivity contribution is -0.169. The van der Waals surface area contributed by atoms with Gasteiger partial charge in [0.05, 0.1) is 13.0 Å². The Kier molecular flexibility index (Phi) is 10.2. The highest BCUT2D eigenvalue weighted by molar-refractivity contribution is 5.85. The molecule has 0 spiro atoms. The van der Waals surface area contributed by atoms with Crippen molar-refractivity contribution in [3.63, 3.8) is 0 Å². The summed E-state index contributed by atoms with van der Waals surface area (Å²) in [6.45, 7) is 1.85. The minimum absolute atomic E-state index is 0.155. The Morgan fingerprint density at radius 1 is 1.38 bits per heavy atom. The maximum Gasteiger partial charge on any atom is 0.306 e. The second kappa shape index (κ2) is 11.5. The zero-order chi connectivity index (χ0) is 16.1. The van der Waals surface area contributed by atoms with E-state index in [-0.39, 0.29) is 37.6 Å². The highest BCUT2D eigenvalue weighted by Gasteiger charge is 2.16. The minimum atomic E-state index is -0.743. The molecule has 0 heterocycles. The third-order valence-electron chi connectivity index (χ3n) is 2.25. The third kappa shape index (κ3) is 10.2. The second-order valence-corrected chi connectivity index (χ2v) is 3.91. The molecule has 0 saturated heterocycles. The van der Waals surface area contributed by atoms with E-state index in [1.54, 1.807) is 6.92 Å². The van der Waals surface area contributed by atoms with E-state index in [0.717, 1.165) is 0 Å². The summed E-state index contributed by atoms with van der Waals surface area (Å²) < 4.78 is 4.63. The minimum Gasteiger partial charge on any atom is -0.466 e. The Bertz CT molecular complexity index is 408. The van der Waals surface area contributed by atoms with E-state index in [1.165, 1.54) is 0 Å². The molecule has 10 heteroatoms. The largest absolute Gasteiger partial charge is 0.466 e. The number of nitrogens with zero attached hydrogens (tertiary/aromatic N) is 4. The van der Waals surface area contributed by atoms with Gasteiger partial charge in [-0.25, -0.2) is 5.06 Å². The number of amides is 2. The summed E-state index contributed by atoms with van der Waals surface area (Å²) in [6, 6.07) is 0. The van der Waals surface area contributed by atoms with Gasteiger partial charge in [-0.05, 0) is 18.9 Å². The lowest BCUT2D eigenvalue weighted by Gasteiger charge is -2.14. The van der Waals surface area contributed by atoms with Crippen LogP contribution in [0.3, 0.4) is 0 Å². The molecule has 0 aliphatic carbocycles. The summed E-state index contributed by atoms with van der Waals surface area (Å²) >= 11 is 0. The van der Waals surface area contributed by atoms with Gasteiger partial charge in [0.25, 0.3) is 0 Å². The van der Waals surface area contributed by atoms with Gasteiger partial charge in [-0.15, -0.1) is 0 Å². The van der Waals surface area contributed by atoms with Crippen LogP contribution < -0.4 is 5.32 Å². The Morgan fingerprint density at radius 2 is 2.10 bits per heavy atom. The number of rotatable bonds is 10. The zero-order valence-corrected chi connectivity index (χ0v) is 11.8. The SMILES string of the molecule is CCOC(=O)CCC(=O)N(O)CC(=O)NCCCN=[N+]=[N-]. The molecule has 10 nitrogen and oxygen atoms in total. The predicted octanol–water partition coefficient (Wildman–Crippen LogP) is 0.364. The van der Waals surface area contributed by atoms with Crippen molar-refractivity contribution in [2.45, 2.75) is 26.2 Å². The molecule has 2 N–H and O–H groups in total. The molecule has 0 rings (SSSR count). The number of carbonyl (C=O) groups excluding carboxylic acids is 3. The molecular formula is C11H19N5O5. The van der Waals surface area contributed by atoms with Crippen molar-refractivity contribution in [1.82, 2.24) is 10.4 Å². The Labute approximate surface area is 121 Å². The predicted molar refractivity (Wildman–Crippen MR) is 71.0 cm³/mol. The van der Waals surface area contributed by atoms with Crippen molar-refractivity contribution in [3.05, 3.63) is 10.4 Å². The number of hydrogen-bond acceptors (Lipinski definition) is 6. The molecule has 0 aromatic rings. The third-order valence-corrected chi connectivity index (χ3v) is 2.25. The molecule has 0 radical (unpaired) electrons. The number of nitrogens with one attached hydrogen (secondary N) is 1. The van der Waals surface area contributed by atoms with Gasteiger partial charge < -0.3 is 10.1 Å². The van der Waals surface area contributed by atoms with Gasteiger partial charge in [-0.2, -0.15) is 0 Å². The number of hydrogen-bond donors (Lipinski definition) is 2. The maximum atomic E-state index is 11.4. The number of esters is 1. The van der Waals surface area contributed by atoms with Gasteiger partial charge >= 0.3 is 5.97 Å². The van der Waals surface area contributed by atoms with Crippen LogP contribution >= 0.6 is 0 Å². The van der Waals surface area contributed by atoms with Gasteiger partial charge in [-0.1, -0.05) is 5.11 Å². The quantitative estimate of drug-likeness (QED) is 0.114. The van der Waals surface area contributed by atoms with Crippen LogP contribution in [0.1, 0.15) is 26.2 Å². The first-order valence-electron chi connectivity index (χ1n) is 6.43. The molecule has 118 valence electrons. The molecule has 0 fully saturated rings. The fraction of sp³-hybridized carbons (Fsp3) is 0.727. The van der Waals surface area contributed by atoms with Crippen LogP contribution in [0.5, 0.6) is 0 Å². The molecule has 0 unspecified atom stereocenters. The van der Waals surface area contributed by atoms with Crippen LogP contribution in [0.2, 0.25) is 0 Å². The highest BCUT2D eigenvalue weighted by atomic mass is 16.5. The summed E-state index contributed by atoms with van der Waals surface area (Å²) in [7, 11) is 0. The van der Waals surface area contributed by atoms with Crippen molar-refractivity contribution in [2.75, 3.05) is 26.2 Å². The van der Waals surface area contributed by atoms with Gasteiger partial charge in [0.15, 0.2) is 0 Å². The first kappa shape index (κ1) is 18.7. The van der Waals surface area contributed by atoms with E-state index < -0.39 is 24.3 Å². The first-order chi connectivity index (χ1) is 10.0. The van der Waals surface area contributed by atoms with Crippen molar-refractivity contribution in [1.29, 1.82) is 0 Å². The summed E-state index contributed by atoms with van der Waals surface area (Å²) in [4.78, 5) is 36.4.